The largest absolute Gasteiger partial charge is 0.504 e. The molecule has 7 heteroatoms. The van der Waals surface area contributed by atoms with Gasteiger partial charge >= 0.3 is 0 Å². The lowest BCUT2D eigenvalue weighted by Gasteiger charge is -2.10. The third-order valence-corrected chi connectivity index (χ3v) is 3.70. The van der Waals surface area contributed by atoms with Crippen LogP contribution < -0.4 is 15.5 Å². The molecule has 0 bridgehead atoms. The van der Waals surface area contributed by atoms with Gasteiger partial charge in [-0.1, -0.05) is 17.7 Å². The normalized spacial score (nSPS) is 10.6. The van der Waals surface area contributed by atoms with Gasteiger partial charge in [-0.15, -0.1) is 0 Å². The van der Waals surface area contributed by atoms with Gasteiger partial charge in [-0.3, -0.25) is 5.43 Å². The molecule has 0 unspecified atom stereocenters. The molecule has 2 aromatic rings. The number of benzene rings is 2. The molecular weight excluding hydrogens is 334 g/mol. The smallest absolute Gasteiger partial charge is 0.191 e. The highest BCUT2D eigenvalue weighted by molar-refractivity contribution is 7.80. The van der Waals surface area contributed by atoms with Gasteiger partial charge < -0.3 is 15.2 Å². The number of hydrogen-bond donors (Lipinski definition) is 3. The molecule has 0 radical (unpaired) electrons. The number of hydrogen-bond acceptors (Lipinski definition) is 4. The van der Waals surface area contributed by atoms with Crippen LogP contribution >= 0.6 is 23.8 Å². The number of phenolic OH excluding ortho intramolecular Hbond substituents is 1. The zero-order valence-corrected chi connectivity index (χ0v) is 14.2. The van der Waals surface area contributed by atoms with Crippen LogP contribution in [0.2, 0.25) is 5.02 Å². The first kappa shape index (κ1) is 17.1. The van der Waals surface area contributed by atoms with Gasteiger partial charge in [-0.05, 0) is 60.6 Å². The number of thiocarbonyl (C=S) groups is 1. The molecule has 0 saturated heterocycles. The summed E-state index contributed by atoms with van der Waals surface area (Å²) < 4.78 is 4.98. The van der Waals surface area contributed by atoms with Gasteiger partial charge in [0.25, 0.3) is 0 Å². The van der Waals surface area contributed by atoms with Gasteiger partial charge in [0, 0.05) is 10.7 Å². The SMILES string of the molecule is COc1ccc(/C=N/NC(=S)Nc2cccc(Cl)c2C)cc1O. The Morgan fingerprint density at radius 2 is 2.13 bits per heavy atom. The van der Waals surface area contributed by atoms with Crippen molar-refractivity contribution in [3.8, 4) is 11.5 Å². The van der Waals surface area contributed by atoms with Crippen molar-refractivity contribution in [1.29, 1.82) is 0 Å². The Labute approximate surface area is 144 Å². The van der Waals surface area contributed by atoms with E-state index >= 15 is 0 Å². The molecule has 0 spiro atoms. The van der Waals surface area contributed by atoms with Gasteiger partial charge in [0.15, 0.2) is 16.6 Å². The van der Waals surface area contributed by atoms with Crippen molar-refractivity contribution < 1.29 is 9.84 Å². The number of anilines is 1. The summed E-state index contributed by atoms with van der Waals surface area (Å²) in [6, 6.07) is 10.5. The summed E-state index contributed by atoms with van der Waals surface area (Å²) in [6.07, 6.45) is 1.54. The number of methoxy groups -OCH3 is 1. The van der Waals surface area contributed by atoms with Gasteiger partial charge in [0.05, 0.1) is 13.3 Å². The van der Waals surface area contributed by atoms with E-state index in [9.17, 15) is 5.11 Å². The fourth-order valence-electron chi connectivity index (χ4n) is 1.85. The highest BCUT2D eigenvalue weighted by Gasteiger charge is 2.03. The summed E-state index contributed by atoms with van der Waals surface area (Å²) in [5.74, 6) is 0.454. The second kappa shape index (κ2) is 7.80. The molecule has 3 N–H and O–H groups in total. The lowest BCUT2D eigenvalue weighted by Crippen LogP contribution is -2.24. The van der Waals surface area contributed by atoms with Crippen LogP contribution in [-0.2, 0) is 0 Å². The molecule has 0 fully saturated rings. The molecule has 120 valence electrons. The van der Waals surface area contributed by atoms with Crippen molar-refractivity contribution in [3.63, 3.8) is 0 Å². The number of rotatable bonds is 4. The van der Waals surface area contributed by atoms with Crippen molar-refractivity contribution in [2.75, 3.05) is 12.4 Å². The first-order valence-electron chi connectivity index (χ1n) is 6.73. The molecular formula is C16H16ClN3O2S. The molecule has 0 aliphatic carbocycles. The molecule has 0 aliphatic heterocycles. The lowest BCUT2D eigenvalue weighted by atomic mass is 10.2. The quantitative estimate of drug-likeness (QED) is 0.446. The maximum absolute atomic E-state index is 9.69. The molecule has 2 rings (SSSR count). The highest BCUT2D eigenvalue weighted by Crippen LogP contribution is 2.25. The number of aromatic hydroxyl groups is 1. The zero-order chi connectivity index (χ0) is 16.8. The Morgan fingerprint density at radius 1 is 1.35 bits per heavy atom. The van der Waals surface area contributed by atoms with Crippen LogP contribution in [0, 0.1) is 6.92 Å². The van der Waals surface area contributed by atoms with Crippen LogP contribution in [0.1, 0.15) is 11.1 Å². The standard InChI is InChI=1S/C16H16ClN3O2S/c1-10-12(17)4-3-5-13(10)19-16(23)20-18-9-11-6-7-15(22-2)14(21)8-11/h3-9,21H,1-2H3,(H2,19,20,23)/b18-9+. The maximum atomic E-state index is 9.69. The van der Waals surface area contributed by atoms with E-state index in [1.807, 2.05) is 25.1 Å². The molecule has 0 saturated carbocycles. The van der Waals surface area contributed by atoms with Crippen molar-refractivity contribution in [2.45, 2.75) is 6.92 Å². The van der Waals surface area contributed by atoms with Gasteiger partial charge in [-0.2, -0.15) is 5.10 Å². The first-order chi connectivity index (χ1) is 11.0. The Balaban J connectivity index is 1.96. The van der Waals surface area contributed by atoms with E-state index in [4.69, 9.17) is 28.6 Å². The zero-order valence-electron chi connectivity index (χ0n) is 12.6. The minimum absolute atomic E-state index is 0.0479. The van der Waals surface area contributed by atoms with Gasteiger partial charge in [-0.25, -0.2) is 0 Å². The summed E-state index contributed by atoms with van der Waals surface area (Å²) in [4.78, 5) is 0. The van der Waals surface area contributed by atoms with Gasteiger partial charge in [0.1, 0.15) is 0 Å². The highest BCUT2D eigenvalue weighted by atomic mass is 35.5. The topological polar surface area (TPSA) is 65.9 Å². The van der Waals surface area contributed by atoms with E-state index in [0.29, 0.717) is 21.4 Å². The number of phenols is 1. The van der Waals surface area contributed by atoms with Crippen molar-refractivity contribution >= 4 is 40.8 Å². The summed E-state index contributed by atoms with van der Waals surface area (Å²) in [5, 5.41) is 17.7. The molecule has 23 heavy (non-hydrogen) atoms. The van der Waals surface area contributed by atoms with Crippen LogP contribution in [0.4, 0.5) is 5.69 Å². The number of nitrogens with zero attached hydrogens (tertiary/aromatic N) is 1. The molecule has 0 atom stereocenters. The number of hydrazone groups is 1. The maximum Gasteiger partial charge on any atom is 0.191 e. The molecule has 0 aromatic heterocycles. The minimum Gasteiger partial charge on any atom is -0.504 e. The number of halogens is 1. The molecule has 0 heterocycles. The number of ether oxygens (including phenoxy) is 1. The van der Waals surface area contributed by atoms with Crippen LogP contribution in [0.25, 0.3) is 0 Å². The summed E-state index contributed by atoms with van der Waals surface area (Å²) in [7, 11) is 1.49. The fraction of sp³-hybridized carbons (Fsp3) is 0.125. The second-order valence-electron chi connectivity index (χ2n) is 4.67. The predicted molar refractivity (Wildman–Crippen MR) is 97.8 cm³/mol. The summed E-state index contributed by atoms with van der Waals surface area (Å²) in [6.45, 7) is 1.90. The van der Waals surface area contributed by atoms with E-state index in [1.165, 1.54) is 13.3 Å². The summed E-state index contributed by atoms with van der Waals surface area (Å²) in [5.41, 5.74) is 5.13. The minimum atomic E-state index is 0.0479. The second-order valence-corrected chi connectivity index (χ2v) is 5.48. The van der Waals surface area contributed by atoms with Crippen molar-refractivity contribution in [3.05, 3.63) is 52.5 Å². The van der Waals surface area contributed by atoms with Crippen LogP contribution in [-0.4, -0.2) is 23.5 Å². The molecule has 5 nitrogen and oxygen atoms in total. The number of nitrogens with one attached hydrogen (secondary N) is 2. The predicted octanol–water partition coefficient (Wildman–Crippen LogP) is 3.68. The summed E-state index contributed by atoms with van der Waals surface area (Å²) >= 11 is 11.2. The lowest BCUT2D eigenvalue weighted by molar-refractivity contribution is 0.373. The monoisotopic (exact) mass is 349 g/mol. The Kier molecular flexibility index (Phi) is 5.78. The van der Waals surface area contributed by atoms with Crippen molar-refractivity contribution in [1.82, 2.24) is 5.43 Å². The first-order valence-corrected chi connectivity index (χ1v) is 7.52. The van der Waals surface area contributed by atoms with Gasteiger partial charge in [0.2, 0.25) is 0 Å². The average Bonchev–Trinajstić information content (AvgIpc) is 2.52. The molecule has 2 aromatic carbocycles. The van der Waals surface area contributed by atoms with E-state index < -0.39 is 0 Å². The Morgan fingerprint density at radius 3 is 2.83 bits per heavy atom. The molecule has 0 amide bonds. The average molecular weight is 350 g/mol. The fourth-order valence-corrected chi connectivity index (χ4v) is 2.18. The van der Waals surface area contributed by atoms with E-state index in [2.05, 4.69) is 15.8 Å². The third kappa shape index (κ3) is 4.58. The third-order valence-electron chi connectivity index (χ3n) is 3.10. The van der Waals surface area contributed by atoms with Crippen LogP contribution in [0.5, 0.6) is 11.5 Å². The Hall–Kier alpha value is -2.31. The molecule has 0 aliphatic rings. The Bertz CT molecular complexity index is 750. The van der Waals surface area contributed by atoms with E-state index in [0.717, 1.165) is 11.3 Å². The van der Waals surface area contributed by atoms with E-state index in [-0.39, 0.29) is 5.75 Å². The van der Waals surface area contributed by atoms with Crippen molar-refractivity contribution in [2.24, 2.45) is 5.10 Å². The van der Waals surface area contributed by atoms with Crippen LogP contribution in [0.3, 0.4) is 0 Å². The van der Waals surface area contributed by atoms with Crippen LogP contribution in [0.15, 0.2) is 41.5 Å². The van der Waals surface area contributed by atoms with E-state index in [1.54, 1.807) is 18.2 Å².